The molecule has 0 unspecified atom stereocenters. The molecule has 1 aromatic rings. The predicted molar refractivity (Wildman–Crippen MR) is 49.8 cm³/mol. The summed E-state index contributed by atoms with van der Waals surface area (Å²) in [5.74, 6) is 1.25. The van der Waals surface area contributed by atoms with E-state index in [0.717, 1.165) is 10.6 Å². The van der Waals surface area contributed by atoms with Gasteiger partial charge in [0.15, 0.2) is 0 Å². The Labute approximate surface area is 76.4 Å². The lowest BCUT2D eigenvalue weighted by Gasteiger charge is -2.03. The lowest BCUT2D eigenvalue weighted by atomic mass is 10.3. The Morgan fingerprint density at radius 2 is 2.33 bits per heavy atom. The van der Waals surface area contributed by atoms with Crippen molar-refractivity contribution >= 4 is 11.8 Å². The lowest BCUT2D eigenvalue weighted by molar-refractivity contribution is 0.579. The van der Waals surface area contributed by atoms with Gasteiger partial charge in [0.25, 0.3) is 0 Å². The smallest absolute Gasteiger partial charge is 0.213 e. The second-order valence-electron chi connectivity index (χ2n) is 3.02. The van der Waals surface area contributed by atoms with Gasteiger partial charge in [0.1, 0.15) is 0 Å². The van der Waals surface area contributed by atoms with E-state index in [1.54, 1.807) is 11.8 Å². The minimum Gasteiger partial charge on any atom is -0.228 e. The van der Waals surface area contributed by atoms with Gasteiger partial charge in [0.05, 0.1) is 0 Å². The first-order valence-electron chi connectivity index (χ1n) is 3.93. The molecule has 1 aromatic heterocycles. The van der Waals surface area contributed by atoms with Crippen LogP contribution in [0.25, 0.3) is 0 Å². The Morgan fingerprint density at radius 1 is 1.58 bits per heavy atom. The number of thioether (sulfide) groups is 1. The van der Waals surface area contributed by atoms with Gasteiger partial charge in [-0.3, -0.25) is 0 Å². The molecule has 0 bridgehead atoms. The van der Waals surface area contributed by atoms with Gasteiger partial charge < -0.3 is 0 Å². The molecule has 0 saturated heterocycles. The van der Waals surface area contributed by atoms with Crippen LogP contribution in [0.15, 0.2) is 23.2 Å². The summed E-state index contributed by atoms with van der Waals surface area (Å²) in [5.41, 5.74) is 0. The Kier molecular flexibility index (Phi) is 3.53. The van der Waals surface area contributed by atoms with Gasteiger partial charge in [-0.2, -0.15) is 4.39 Å². The molecule has 12 heavy (non-hydrogen) atoms. The zero-order valence-corrected chi connectivity index (χ0v) is 8.07. The molecule has 1 rings (SSSR count). The van der Waals surface area contributed by atoms with Gasteiger partial charge >= 0.3 is 0 Å². The molecule has 0 saturated carbocycles. The molecule has 0 radical (unpaired) electrons. The van der Waals surface area contributed by atoms with Crippen LogP contribution >= 0.6 is 11.8 Å². The number of halogens is 1. The first kappa shape index (κ1) is 9.52. The maximum Gasteiger partial charge on any atom is 0.213 e. The summed E-state index contributed by atoms with van der Waals surface area (Å²) in [5, 5.41) is 0. The topological polar surface area (TPSA) is 12.9 Å². The summed E-state index contributed by atoms with van der Waals surface area (Å²) in [6.45, 7) is 4.29. The van der Waals surface area contributed by atoms with Crippen molar-refractivity contribution in [2.75, 3.05) is 5.75 Å². The minimum absolute atomic E-state index is 0.399. The van der Waals surface area contributed by atoms with Crippen molar-refractivity contribution in [1.29, 1.82) is 0 Å². The van der Waals surface area contributed by atoms with Crippen LogP contribution in [-0.4, -0.2) is 10.7 Å². The van der Waals surface area contributed by atoms with Gasteiger partial charge in [0, 0.05) is 22.9 Å². The van der Waals surface area contributed by atoms with E-state index in [1.165, 1.54) is 12.3 Å². The molecule has 1 heterocycles. The monoisotopic (exact) mass is 185 g/mol. The quantitative estimate of drug-likeness (QED) is 0.530. The van der Waals surface area contributed by atoms with Gasteiger partial charge in [-0.1, -0.05) is 13.8 Å². The highest BCUT2D eigenvalue weighted by Gasteiger charge is 1.98. The van der Waals surface area contributed by atoms with E-state index in [2.05, 4.69) is 18.8 Å². The molecule has 0 spiro atoms. The maximum atomic E-state index is 12.6. The zero-order chi connectivity index (χ0) is 8.97. The lowest BCUT2D eigenvalue weighted by Crippen LogP contribution is -1.90. The third-order valence-electron chi connectivity index (χ3n) is 1.28. The normalized spacial score (nSPS) is 10.7. The van der Waals surface area contributed by atoms with Gasteiger partial charge in [0.2, 0.25) is 5.95 Å². The van der Waals surface area contributed by atoms with Crippen molar-refractivity contribution in [3.63, 3.8) is 0 Å². The van der Waals surface area contributed by atoms with Crippen LogP contribution in [0, 0.1) is 11.9 Å². The Bertz CT molecular complexity index is 250. The molecule has 0 amide bonds. The fraction of sp³-hybridized carbons (Fsp3) is 0.444. The van der Waals surface area contributed by atoms with E-state index in [9.17, 15) is 4.39 Å². The molecule has 3 heteroatoms. The van der Waals surface area contributed by atoms with Gasteiger partial charge in [-0.15, -0.1) is 11.8 Å². The summed E-state index contributed by atoms with van der Waals surface area (Å²) in [6.07, 6.45) is 1.50. The molecule has 0 aliphatic carbocycles. The number of hydrogen-bond donors (Lipinski definition) is 0. The van der Waals surface area contributed by atoms with E-state index in [4.69, 9.17) is 0 Å². The van der Waals surface area contributed by atoms with Crippen LogP contribution < -0.4 is 0 Å². The summed E-state index contributed by atoms with van der Waals surface area (Å²) in [6, 6.07) is 3.29. The zero-order valence-electron chi connectivity index (χ0n) is 7.25. The number of rotatable bonds is 3. The van der Waals surface area contributed by atoms with Crippen molar-refractivity contribution in [3.8, 4) is 0 Å². The molecule has 0 fully saturated rings. The van der Waals surface area contributed by atoms with Crippen LogP contribution in [-0.2, 0) is 0 Å². The van der Waals surface area contributed by atoms with Crippen LogP contribution in [0.1, 0.15) is 13.8 Å². The molecule has 0 aromatic carbocycles. The highest BCUT2D eigenvalue weighted by atomic mass is 32.2. The van der Waals surface area contributed by atoms with Crippen LogP contribution in [0.2, 0.25) is 0 Å². The van der Waals surface area contributed by atoms with Crippen LogP contribution in [0.5, 0.6) is 0 Å². The molecule has 0 aliphatic rings. The summed E-state index contributed by atoms with van der Waals surface area (Å²) in [4.78, 5) is 4.44. The third-order valence-corrected chi connectivity index (χ3v) is 2.70. The fourth-order valence-electron chi connectivity index (χ4n) is 0.737. The van der Waals surface area contributed by atoms with Crippen LogP contribution in [0.3, 0.4) is 0 Å². The van der Waals surface area contributed by atoms with Crippen molar-refractivity contribution in [2.45, 2.75) is 18.7 Å². The highest BCUT2D eigenvalue weighted by Crippen LogP contribution is 2.19. The summed E-state index contributed by atoms with van der Waals surface area (Å²) < 4.78 is 12.6. The van der Waals surface area contributed by atoms with Gasteiger partial charge in [-0.25, -0.2) is 4.98 Å². The number of aromatic nitrogens is 1. The molecule has 0 atom stereocenters. The molecule has 0 aliphatic heterocycles. The van der Waals surface area contributed by atoms with E-state index in [-0.39, 0.29) is 0 Å². The van der Waals surface area contributed by atoms with Crippen molar-refractivity contribution in [1.82, 2.24) is 4.98 Å². The van der Waals surface area contributed by atoms with Gasteiger partial charge in [-0.05, 0) is 12.0 Å². The standard InChI is InChI=1S/C9H12FNS/c1-7(2)6-12-8-3-4-11-9(10)5-8/h3-5,7H,6H2,1-2H3. The second kappa shape index (κ2) is 4.45. The van der Waals surface area contributed by atoms with E-state index in [0.29, 0.717) is 5.92 Å². The van der Waals surface area contributed by atoms with E-state index in [1.807, 2.05) is 6.07 Å². The second-order valence-corrected chi connectivity index (χ2v) is 4.11. The summed E-state index contributed by atoms with van der Waals surface area (Å²) >= 11 is 1.66. The molecule has 66 valence electrons. The third kappa shape index (κ3) is 3.22. The SMILES string of the molecule is CC(C)CSc1ccnc(F)c1. The number of nitrogens with zero attached hydrogens (tertiary/aromatic N) is 1. The van der Waals surface area contributed by atoms with Crippen LogP contribution in [0.4, 0.5) is 4.39 Å². The highest BCUT2D eigenvalue weighted by molar-refractivity contribution is 7.99. The largest absolute Gasteiger partial charge is 0.228 e. The summed E-state index contributed by atoms with van der Waals surface area (Å²) in [7, 11) is 0. The van der Waals surface area contributed by atoms with E-state index < -0.39 is 5.95 Å². The first-order valence-corrected chi connectivity index (χ1v) is 4.91. The fourth-order valence-corrected chi connectivity index (χ4v) is 1.60. The first-order chi connectivity index (χ1) is 5.68. The van der Waals surface area contributed by atoms with Crippen molar-refractivity contribution in [3.05, 3.63) is 24.3 Å². The molecule has 1 nitrogen and oxygen atoms in total. The molecular formula is C9H12FNS. The van der Waals surface area contributed by atoms with Crippen molar-refractivity contribution < 1.29 is 4.39 Å². The number of hydrogen-bond acceptors (Lipinski definition) is 2. The molecule has 0 N–H and O–H groups in total. The maximum absolute atomic E-state index is 12.6. The number of pyridine rings is 1. The Balaban J connectivity index is 2.52. The Morgan fingerprint density at radius 3 is 2.92 bits per heavy atom. The predicted octanol–water partition coefficient (Wildman–Crippen LogP) is 2.97. The van der Waals surface area contributed by atoms with E-state index >= 15 is 0 Å². The average Bonchev–Trinajstić information content (AvgIpc) is 2.01. The average molecular weight is 185 g/mol. The minimum atomic E-state index is -0.399. The molecular weight excluding hydrogens is 173 g/mol. The van der Waals surface area contributed by atoms with Crippen molar-refractivity contribution in [2.24, 2.45) is 5.92 Å². The Hall–Kier alpha value is -0.570.